The number of amides is 2. The number of hydrogen-bond acceptors (Lipinski definition) is 4. The fraction of sp³-hybridized carbons (Fsp3) is 0.812. The summed E-state index contributed by atoms with van der Waals surface area (Å²) in [6.45, 7) is 6.34. The summed E-state index contributed by atoms with van der Waals surface area (Å²) in [5, 5.41) is 6.37. The molecule has 1 atom stereocenters. The fourth-order valence-corrected chi connectivity index (χ4v) is 2.63. The molecule has 0 aromatic carbocycles. The van der Waals surface area contributed by atoms with Gasteiger partial charge in [0.2, 0.25) is 11.8 Å². The molecule has 0 aliphatic carbocycles. The SMILES string of the molecule is CCNC(=NCC(=O)N(C)C)NCCCN1CCCC(C(N)=O)C1. The molecule has 1 aliphatic heterocycles. The molecule has 1 fully saturated rings. The number of guanidine groups is 1. The summed E-state index contributed by atoms with van der Waals surface area (Å²) in [5.41, 5.74) is 5.40. The van der Waals surface area contributed by atoms with E-state index in [1.54, 1.807) is 14.1 Å². The summed E-state index contributed by atoms with van der Waals surface area (Å²) < 4.78 is 0. The molecule has 1 rings (SSSR count). The van der Waals surface area contributed by atoms with Gasteiger partial charge in [-0.2, -0.15) is 0 Å². The fourth-order valence-electron chi connectivity index (χ4n) is 2.63. The highest BCUT2D eigenvalue weighted by Crippen LogP contribution is 2.15. The predicted octanol–water partition coefficient (Wildman–Crippen LogP) is -0.783. The quantitative estimate of drug-likeness (QED) is 0.305. The van der Waals surface area contributed by atoms with E-state index in [9.17, 15) is 9.59 Å². The summed E-state index contributed by atoms with van der Waals surface area (Å²) >= 11 is 0. The van der Waals surface area contributed by atoms with Crippen LogP contribution in [-0.4, -0.2) is 80.9 Å². The monoisotopic (exact) mass is 340 g/mol. The minimum absolute atomic E-state index is 0.0114. The first-order chi connectivity index (χ1) is 11.4. The second-order valence-electron chi connectivity index (χ2n) is 6.31. The average molecular weight is 340 g/mol. The lowest BCUT2D eigenvalue weighted by Crippen LogP contribution is -2.43. The average Bonchev–Trinajstić information content (AvgIpc) is 2.56. The highest BCUT2D eigenvalue weighted by Gasteiger charge is 2.23. The number of piperidine rings is 1. The molecular weight excluding hydrogens is 308 g/mol. The maximum absolute atomic E-state index is 11.6. The Morgan fingerprint density at radius 2 is 2.08 bits per heavy atom. The molecule has 0 radical (unpaired) electrons. The molecule has 0 spiro atoms. The van der Waals surface area contributed by atoms with Crippen LogP contribution in [0.1, 0.15) is 26.2 Å². The van der Waals surface area contributed by atoms with Gasteiger partial charge in [-0.1, -0.05) is 0 Å². The number of hydrogen-bond donors (Lipinski definition) is 3. The second kappa shape index (κ2) is 10.9. The molecule has 0 bridgehead atoms. The Labute approximate surface area is 144 Å². The third kappa shape index (κ3) is 7.63. The number of carbonyl (C=O) groups excluding carboxylic acids is 2. The van der Waals surface area contributed by atoms with Crippen molar-refractivity contribution in [2.24, 2.45) is 16.6 Å². The molecule has 138 valence electrons. The summed E-state index contributed by atoms with van der Waals surface area (Å²) in [7, 11) is 3.44. The van der Waals surface area contributed by atoms with Crippen LogP contribution in [0.2, 0.25) is 0 Å². The number of aliphatic imine (C=N–C) groups is 1. The van der Waals surface area contributed by atoms with Crippen molar-refractivity contribution >= 4 is 17.8 Å². The van der Waals surface area contributed by atoms with E-state index in [0.29, 0.717) is 5.96 Å². The number of likely N-dealkylation sites (N-methyl/N-ethyl adjacent to an activating group) is 1. The molecule has 2 amide bonds. The van der Waals surface area contributed by atoms with Gasteiger partial charge in [0.05, 0.1) is 5.92 Å². The van der Waals surface area contributed by atoms with Crippen molar-refractivity contribution in [1.29, 1.82) is 0 Å². The maximum Gasteiger partial charge on any atom is 0.243 e. The third-order valence-electron chi connectivity index (χ3n) is 4.07. The zero-order chi connectivity index (χ0) is 17.9. The van der Waals surface area contributed by atoms with E-state index in [1.807, 2.05) is 6.92 Å². The summed E-state index contributed by atoms with van der Waals surface area (Å²) in [4.78, 5) is 31.0. The van der Waals surface area contributed by atoms with Gasteiger partial charge in [-0.25, -0.2) is 4.99 Å². The lowest BCUT2D eigenvalue weighted by atomic mass is 9.97. The maximum atomic E-state index is 11.6. The minimum Gasteiger partial charge on any atom is -0.369 e. The summed E-state index contributed by atoms with van der Waals surface area (Å²) in [6, 6.07) is 0. The number of rotatable bonds is 8. The van der Waals surface area contributed by atoms with Crippen LogP contribution >= 0.6 is 0 Å². The number of primary amides is 1. The van der Waals surface area contributed by atoms with Gasteiger partial charge in [-0.15, -0.1) is 0 Å². The van der Waals surface area contributed by atoms with Crippen molar-refractivity contribution in [2.75, 3.05) is 53.4 Å². The van der Waals surface area contributed by atoms with Crippen LogP contribution in [0, 0.1) is 5.92 Å². The van der Waals surface area contributed by atoms with Crippen LogP contribution in [0.25, 0.3) is 0 Å². The number of nitrogens with two attached hydrogens (primary N) is 1. The van der Waals surface area contributed by atoms with E-state index in [2.05, 4.69) is 20.5 Å². The van der Waals surface area contributed by atoms with E-state index in [-0.39, 0.29) is 24.3 Å². The van der Waals surface area contributed by atoms with Crippen LogP contribution in [0.15, 0.2) is 4.99 Å². The van der Waals surface area contributed by atoms with Crippen LogP contribution in [0.3, 0.4) is 0 Å². The molecule has 0 aromatic rings. The minimum atomic E-state index is -0.190. The Hall–Kier alpha value is -1.83. The molecule has 24 heavy (non-hydrogen) atoms. The normalized spacial score (nSPS) is 19.0. The highest BCUT2D eigenvalue weighted by molar-refractivity contribution is 5.84. The Balaban J connectivity index is 2.31. The molecule has 8 nitrogen and oxygen atoms in total. The molecule has 1 heterocycles. The van der Waals surface area contributed by atoms with Crippen molar-refractivity contribution in [2.45, 2.75) is 26.2 Å². The molecule has 8 heteroatoms. The van der Waals surface area contributed by atoms with Gasteiger partial charge in [-0.3, -0.25) is 9.59 Å². The Morgan fingerprint density at radius 1 is 1.33 bits per heavy atom. The van der Waals surface area contributed by atoms with E-state index < -0.39 is 0 Å². The lowest BCUT2D eigenvalue weighted by Gasteiger charge is -2.31. The number of nitrogens with one attached hydrogen (secondary N) is 2. The summed E-state index contributed by atoms with van der Waals surface area (Å²) in [6.07, 6.45) is 2.87. The van der Waals surface area contributed by atoms with Crippen LogP contribution in [0.4, 0.5) is 0 Å². The molecule has 0 saturated carbocycles. The van der Waals surface area contributed by atoms with Crippen LogP contribution < -0.4 is 16.4 Å². The largest absolute Gasteiger partial charge is 0.369 e. The first-order valence-corrected chi connectivity index (χ1v) is 8.68. The Bertz CT molecular complexity index is 438. The number of likely N-dealkylation sites (tertiary alicyclic amines) is 1. The van der Waals surface area contributed by atoms with Gasteiger partial charge in [0.15, 0.2) is 5.96 Å². The second-order valence-corrected chi connectivity index (χ2v) is 6.31. The predicted molar refractivity (Wildman–Crippen MR) is 95.7 cm³/mol. The van der Waals surface area contributed by atoms with Gasteiger partial charge in [-0.05, 0) is 39.3 Å². The highest BCUT2D eigenvalue weighted by atomic mass is 16.2. The lowest BCUT2D eigenvalue weighted by molar-refractivity contribution is -0.127. The Morgan fingerprint density at radius 3 is 2.71 bits per heavy atom. The molecule has 1 unspecified atom stereocenters. The van der Waals surface area contributed by atoms with E-state index in [0.717, 1.165) is 52.0 Å². The first-order valence-electron chi connectivity index (χ1n) is 8.68. The number of nitrogens with zero attached hydrogens (tertiary/aromatic N) is 3. The molecule has 4 N–H and O–H groups in total. The smallest absolute Gasteiger partial charge is 0.243 e. The molecule has 1 aliphatic rings. The van der Waals surface area contributed by atoms with Gasteiger partial charge in [0, 0.05) is 33.7 Å². The number of carbonyl (C=O) groups is 2. The standard InChI is InChI=1S/C16H32N6O2/c1-4-18-16(20-11-14(23)21(2)3)19-8-6-10-22-9-5-7-13(12-22)15(17)24/h13H,4-12H2,1-3H3,(H2,17,24)(H2,18,19,20). The summed E-state index contributed by atoms with van der Waals surface area (Å²) in [5.74, 6) is 0.423. The molecule has 1 saturated heterocycles. The van der Waals surface area contributed by atoms with E-state index in [1.165, 1.54) is 4.90 Å². The van der Waals surface area contributed by atoms with Gasteiger partial charge < -0.3 is 26.2 Å². The van der Waals surface area contributed by atoms with Gasteiger partial charge in [0.25, 0.3) is 0 Å². The van der Waals surface area contributed by atoms with Crippen molar-refractivity contribution in [3.63, 3.8) is 0 Å². The van der Waals surface area contributed by atoms with Crippen LogP contribution in [-0.2, 0) is 9.59 Å². The van der Waals surface area contributed by atoms with Crippen molar-refractivity contribution < 1.29 is 9.59 Å². The van der Waals surface area contributed by atoms with Crippen LogP contribution in [0.5, 0.6) is 0 Å². The zero-order valence-electron chi connectivity index (χ0n) is 15.2. The topological polar surface area (TPSA) is 103 Å². The van der Waals surface area contributed by atoms with Gasteiger partial charge in [0.1, 0.15) is 6.54 Å². The zero-order valence-corrected chi connectivity index (χ0v) is 15.2. The van der Waals surface area contributed by atoms with Crippen molar-refractivity contribution in [1.82, 2.24) is 20.4 Å². The van der Waals surface area contributed by atoms with Gasteiger partial charge >= 0.3 is 0 Å². The Kier molecular flexibility index (Phi) is 9.14. The third-order valence-corrected chi connectivity index (χ3v) is 4.07. The molecule has 0 aromatic heterocycles. The van der Waals surface area contributed by atoms with Crippen molar-refractivity contribution in [3.8, 4) is 0 Å². The van der Waals surface area contributed by atoms with E-state index >= 15 is 0 Å². The molecular formula is C16H32N6O2. The van der Waals surface area contributed by atoms with E-state index in [4.69, 9.17) is 5.73 Å². The first kappa shape index (κ1) is 20.2. The van der Waals surface area contributed by atoms with Crippen molar-refractivity contribution in [3.05, 3.63) is 0 Å².